The lowest BCUT2D eigenvalue weighted by Gasteiger charge is -2.17. The normalized spacial score (nSPS) is 11.9. The number of benzene rings is 3. The van der Waals surface area contributed by atoms with Crippen LogP contribution in [0.2, 0.25) is 0 Å². The Labute approximate surface area is 208 Å². The SMILES string of the molecule is COC(=O)C(c1ccc([N+](=O)[O-])cc1C)c1cn(-c2ccc([N+](=O)[O-])cc2C)c2ccc(Br)cc12. The number of nitro groups is 2. The van der Waals surface area contributed by atoms with Gasteiger partial charge in [-0.05, 0) is 60.4 Å². The van der Waals surface area contributed by atoms with Gasteiger partial charge in [0.2, 0.25) is 0 Å². The highest BCUT2D eigenvalue weighted by molar-refractivity contribution is 9.10. The van der Waals surface area contributed by atoms with E-state index in [9.17, 15) is 25.0 Å². The highest BCUT2D eigenvalue weighted by Gasteiger charge is 2.30. The van der Waals surface area contributed by atoms with Crippen LogP contribution in [-0.4, -0.2) is 27.5 Å². The second-order valence-electron chi connectivity index (χ2n) is 8.10. The molecule has 1 heterocycles. The molecule has 0 saturated heterocycles. The van der Waals surface area contributed by atoms with Crippen LogP contribution in [0.3, 0.4) is 0 Å². The summed E-state index contributed by atoms with van der Waals surface area (Å²) in [6.45, 7) is 3.50. The van der Waals surface area contributed by atoms with Crippen molar-refractivity contribution in [3.63, 3.8) is 0 Å². The Bertz CT molecular complexity index is 1510. The Hall–Kier alpha value is -4.05. The zero-order valence-electron chi connectivity index (χ0n) is 19.0. The number of carbonyl (C=O) groups is 1. The van der Waals surface area contributed by atoms with Crippen LogP contribution in [0.15, 0.2) is 65.3 Å². The average molecular weight is 538 g/mol. The number of aromatic nitrogens is 1. The lowest BCUT2D eigenvalue weighted by molar-refractivity contribution is -0.385. The van der Waals surface area contributed by atoms with Crippen LogP contribution in [0, 0.1) is 34.1 Å². The van der Waals surface area contributed by atoms with Crippen molar-refractivity contribution in [2.24, 2.45) is 0 Å². The number of hydrogen-bond donors (Lipinski definition) is 0. The summed E-state index contributed by atoms with van der Waals surface area (Å²) in [5.41, 5.74) is 3.92. The maximum Gasteiger partial charge on any atom is 0.317 e. The first-order valence-electron chi connectivity index (χ1n) is 10.5. The molecule has 10 heteroatoms. The number of non-ortho nitro benzene ring substituents is 2. The summed E-state index contributed by atoms with van der Waals surface area (Å²) < 4.78 is 7.83. The van der Waals surface area contributed by atoms with Crippen molar-refractivity contribution in [2.75, 3.05) is 7.11 Å². The summed E-state index contributed by atoms with van der Waals surface area (Å²) in [5.74, 6) is -1.36. The smallest absolute Gasteiger partial charge is 0.317 e. The van der Waals surface area contributed by atoms with Gasteiger partial charge in [0.1, 0.15) is 5.92 Å². The topological polar surface area (TPSA) is 118 Å². The first-order chi connectivity index (χ1) is 16.6. The fraction of sp³-hybridized carbons (Fsp3) is 0.160. The van der Waals surface area contributed by atoms with Crippen LogP contribution in [0.5, 0.6) is 0 Å². The Balaban J connectivity index is 1.99. The zero-order valence-corrected chi connectivity index (χ0v) is 20.6. The summed E-state index contributed by atoms with van der Waals surface area (Å²) in [4.78, 5) is 34.6. The summed E-state index contributed by atoms with van der Waals surface area (Å²) in [6.07, 6.45) is 1.81. The molecule has 0 N–H and O–H groups in total. The first-order valence-corrected chi connectivity index (χ1v) is 11.3. The second kappa shape index (κ2) is 9.30. The molecule has 0 aliphatic carbocycles. The molecule has 1 unspecified atom stereocenters. The summed E-state index contributed by atoms with van der Waals surface area (Å²) in [7, 11) is 1.30. The molecule has 178 valence electrons. The van der Waals surface area contributed by atoms with Gasteiger partial charge in [-0.3, -0.25) is 25.0 Å². The number of halogens is 1. The number of rotatable bonds is 6. The molecule has 0 fully saturated rings. The molecule has 35 heavy (non-hydrogen) atoms. The van der Waals surface area contributed by atoms with Crippen LogP contribution in [0.4, 0.5) is 11.4 Å². The quantitative estimate of drug-likeness (QED) is 0.166. The van der Waals surface area contributed by atoms with Gasteiger partial charge < -0.3 is 9.30 Å². The Morgan fingerprint density at radius 3 is 2.11 bits per heavy atom. The van der Waals surface area contributed by atoms with E-state index in [2.05, 4.69) is 15.9 Å². The van der Waals surface area contributed by atoms with Gasteiger partial charge in [0.25, 0.3) is 11.4 Å². The number of aryl methyl sites for hydroxylation is 2. The van der Waals surface area contributed by atoms with E-state index in [1.807, 2.05) is 29.0 Å². The zero-order chi connectivity index (χ0) is 25.4. The van der Waals surface area contributed by atoms with Gasteiger partial charge >= 0.3 is 5.97 Å². The van der Waals surface area contributed by atoms with E-state index in [0.29, 0.717) is 22.3 Å². The molecule has 0 amide bonds. The number of methoxy groups -OCH3 is 1. The van der Waals surface area contributed by atoms with Crippen LogP contribution in [0.25, 0.3) is 16.6 Å². The van der Waals surface area contributed by atoms with E-state index in [-0.39, 0.29) is 11.4 Å². The molecule has 0 aliphatic rings. The molecule has 3 aromatic carbocycles. The van der Waals surface area contributed by atoms with Crippen LogP contribution in [-0.2, 0) is 9.53 Å². The molecule has 0 saturated carbocycles. The predicted molar refractivity (Wildman–Crippen MR) is 134 cm³/mol. The Morgan fingerprint density at radius 1 is 0.914 bits per heavy atom. The standard InChI is InChI=1S/C25H20BrN3O6/c1-14-10-17(28(31)32)5-7-19(14)24(25(30)35-3)21-13-27(23-8-4-16(26)12-20(21)23)22-9-6-18(29(33)34)11-15(22)2/h4-13,24H,1-3H3. The Kier molecular flexibility index (Phi) is 6.40. The maximum absolute atomic E-state index is 13.1. The molecule has 0 radical (unpaired) electrons. The monoisotopic (exact) mass is 537 g/mol. The van der Waals surface area contributed by atoms with E-state index in [4.69, 9.17) is 4.74 Å². The van der Waals surface area contributed by atoms with Gasteiger partial charge in [0, 0.05) is 46.0 Å². The van der Waals surface area contributed by atoms with Gasteiger partial charge in [-0.1, -0.05) is 22.0 Å². The molecule has 4 rings (SSSR count). The summed E-state index contributed by atoms with van der Waals surface area (Å²) >= 11 is 3.50. The van der Waals surface area contributed by atoms with Crippen molar-refractivity contribution in [3.8, 4) is 5.69 Å². The van der Waals surface area contributed by atoms with Gasteiger partial charge in [-0.25, -0.2) is 0 Å². The summed E-state index contributed by atoms with van der Waals surface area (Å²) in [6, 6.07) is 14.6. The molecule has 4 aromatic rings. The van der Waals surface area contributed by atoms with Gasteiger partial charge in [-0.15, -0.1) is 0 Å². The minimum atomic E-state index is -0.850. The first kappa shape index (κ1) is 24.1. The van der Waals surface area contributed by atoms with Crippen molar-refractivity contribution >= 4 is 44.2 Å². The fourth-order valence-electron chi connectivity index (χ4n) is 4.32. The second-order valence-corrected chi connectivity index (χ2v) is 9.01. The van der Waals surface area contributed by atoms with E-state index < -0.39 is 21.7 Å². The molecule has 0 aliphatic heterocycles. The number of nitrogens with zero attached hydrogens (tertiary/aromatic N) is 3. The molecule has 0 bridgehead atoms. The number of ether oxygens (including phenoxy) is 1. The van der Waals surface area contributed by atoms with E-state index >= 15 is 0 Å². The number of nitro benzene ring substituents is 2. The van der Waals surface area contributed by atoms with Gasteiger partial charge in [0.05, 0.1) is 22.5 Å². The highest BCUT2D eigenvalue weighted by atomic mass is 79.9. The Morgan fingerprint density at radius 2 is 1.54 bits per heavy atom. The molecule has 0 spiro atoms. The van der Waals surface area contributed by atoms with Crippen molar-refractivity contribution in [2.45, 2.75) is 19.8 Å². The van der Waals surface area contributed by atoms with Crippen LogP contribution < -0.4 is 0 Å². The van der Waals surface area contributed by atoms with E-state index in [1.54, 1.807) is 26.0 Å². The van der Waals surface area contributed by atoms with Gasteiger partial charge in [0.15, 0.2) is 0 Å². The third kappa shape index (κ3) is 4.40. The minimum absolute atomic E-state index is 0.0142. The maximum atomic E-state index is 13.1. The number of esters is 1. The van der Waals surface area contributed by atoms with E-state index in [0.717, 1.165) is 21.1 Å². The molecule has 9 nitrogen and oxygen atoms in total. The van der Waals surface area contributed by atoms with Crippen molar-refractivity contribution < 1.29 is 19.4 Å². The lowest BCUT2D eigenvalue weighted by atomic mass is 9.88. The van der Waals surface area contributed by atoms with Crippen molar-refractivity contribution in [3.05, 3.63) is 108 Å². The van der Waals surface area contributed by atoms with Crippen LogP contribution in [0.1, 0.15) is 28.2 Å². The summed E-state index contributed by atoms with van der Waals surface area (Å²) in [5, 5.41) is 23.2. The van der Waals surface area contributed by atoms with Crippen molar-refractivity contribution in [1.29, 1.82) is 0 Å². The highest BCUT2D eigenvalue weighted by Crippen LogP contribution is 2.38. The van der Waals surface area contributed by atoms with E-state index in [1.165, 1.54) is 31.4 Å². The van der Waals surface area contributed by atoms with Crippen LogP contribution >= 0.6 is 15.9 Å². The third-order valence-electron chi connectivity index (χ3n) is 5.97. The minimum Gasteiger partial charge on any atom is -0.468 e. The molecular weight excluding hydrogens is 518 g/mol. The number of carbonyl (C=O) groups excluding carboxylic acids is 1. The number of fused-ring (bicyclic) bond motifs is 1. The fourth-order valence-corrected chi connectivity index (χ4v) is 4.68. The predicted octanol–water partition coefficient (Wildman–Crippen LogP) is 6.13. The number of hydrogen-bond acceptors (Lipinski definition) is 6. The van der Waals surface area contributed by atoms with Gasteiger partial charge in [-0.2, -0.15) is 0 Å². The lowest BCUT2D eigenvalue weighted by Crippen LogP contribution is -2.16. The molecule has 1 atom stereocenters. The molecule has 1 aromatic heterocycles. The average Bonchev–Trinajstić information content (AvgIpc) is 3.17. The third-order valence-corrected chi connectivity index (χ3v) is 6.46. The largest absolute Gasteiger partial charge is 0.468 e. The molecular formula is C25H20BrN3O6. The van der Waals surface area contributed by atoms with Crippen molar-refractivity contribution in [1.82, 2.24) is 4.57 Å².